The highest BCUT2D eigenvalue weighted by molar-refractivity contribution is 9.10. The van der Waals surface area contributed by atoms with Gasteiger partial charge in [0, 0.05) is 4.47 Å². The summed E-state index contributed by atoms with van der Waals surface area (Å²) in [6.07, 6.45) is 0. The lowest BCUT2D eigenvalue weighted by molar-refractivity contribution is 0.315. The number of halogens is 3. The summed E-state index contributed by atoms with van der Waals surface area (Å²) in [7, 11) is 0. The normalized spacial score (nSPS) is 14.1. The molecule has 2 aromatic carbocycles. The fraction of sp³-hybridized carbons (Fsp3) is 0.100. The van der Waals surface area contributed by atoms with E-state index in [4.69, 9.17) is 23.2 Å². The molecule has 0 spiro atoms. The highest BCUT2D eigenvalue weighted by Gasteiger charge is 2.40. The van der Waals surface area contributed by atoms with Crippen LogP contribution in [0.3, 0.4) is 0 Å². The number of aromatic nitrogens is 1. The minimum atomic E-state index is -0.868. The van der Waals surface area contributed by atoms with Gasteiger partial charge in [-0.2, -0.15) is 0 Å². The Bertz CT molecular complexity index is 926. The van der Waals surface area contributed by atoms with E-state index < -0.39 is 5.41 Å². The molecule has 3 rings (SSSR count). The van der Waals surface area contributed by atoms with Gasteiger partial charge < -0.3 is 5.21 Å². The number of pyridine rings is 1. The first kappa shape index (κ1) is 18.9. The highest BCUT2D eigenvalue weighted by Crippen LogP contribution is 2.42. The van der Waals surface area contributed by atoms with E-state index in [1.807, 2.05) is 54.6 Å². The summed E-state index contributed by atoms with van der Waals surface area (Å²) in [6, 6.07) is 21.1. The number of hydrogen-bond acceptors (Lipinski definition) is 3. The zero-order chi connectivity index (χ0) is 18.7. The molecule has 0 aliphatic carbocycles. The molecule has 0 aliphatic rings. The van der Waals surface area contributed by atoms with Crippen LogP contribution in [0, 0.1) is 0 Å². The quantitative estimate of drug-likeness (QED) is 0.218. The van der Waals surface area contributed by atoms with Gasteiger partial charge in [-0.15, -0.1) is 0 Å². The van der Waals surface area contributed by atoms with Gasteiger partial charge in [0.1, 0.15) is 10.3 Å². The van der Waals surface area contributed by atoms with E-state index in [9.17, 15) is 5.21 Å². The van der Waals surface area contributed by atoms with E-state index in [1.165, 1.54) is 0 Å². The van der Waals surface area contributed by atoms with E-state index in [0.717, 1.165) is 21.2 Å². The Morgan fingerprint density at radius 2 is 1.46 bits per heavy atom. The lowest BCUT2D eigenvalue weighted by atomic mass is 9.67. The van der Waals surface area contributed by atoms with Crippen LogP contribution in [0.2, 0.25) is 10.3 Å². The standard InChI is InChI=1S/C20H15BrCl2N2O/c1-13(25-26)20(14-5-3-2-4-6-14,15-7-9-17(21)10-8-15)16-11-18(22)24-19(23)12-16/h2-12,26H,1H3/b25-13-. The van der Waals surface area contributed by atoms with E-state index in [0.29, 0.717) is 5.71 Å². The molecule has 0 radical (unpaired) electrons. The minimum absolute atomic E-state index is 0.274. The second-order valence-corrected chi connectivity index (χ2v) is 7.50. The molecular weight excluding hydrogens is 435 g/mol. The van der Waals surface area contributed by atoms with Crippen LogP contribution in [0.4, 0.5) is 0 Å². The molecule has 132 valence electrons. The van der Waals surface area contributed by atoms with Crippen molar-refractivity contribution in [2.75, 3.05) is 0 Å². The van der Waals surface area contributed by atoms with Gasteiger partial charge in [0.05, 0.1) is 11.1 Å². The number of benzene rings is 2. The Morgan fingerprint density at radius 3 is 2.00 bits per heavy atom. The Balaban J connectivity index is 2.45. The van der Waals surface area contributed by atoms with Gasteiger partial charge in [0.2, 0.25) is 0 Å². The molecule has 1 aromatic heterocycles. The predicted octanol–water partition coefficient (Wildman–Crippen LogP) is 6.34. The predicted molar refractivity (Wildman–Crippen MR) is 110 cm³/mol. The van der Waals surface area contributed by atoms with Crippen molar-refractivity contribution in [1.29, 1.82) is 0 Å². The molecule has 0 fully saturated rings. The van der Waals surface area contributed by atoms with Crippen molar-refractivity contribution >= 4 is 44.8 Å². The summed E-state index contributed by atoms with van der Waals surface area (Å²) >= 11 is 15.9. The number of nitrogens with zero attached hydrogens (tertiary/aromatic N) is 2. The molecule has 0 aliphatic heterocycles. The number of oxime groups is 1. The molecule has 1 atom stereocenters. The molecule has 1 unspecified atom stereocenters. The summed E-state index contributed by atoms with van der Waals surface area (Å²) in [5.74, 6) is 0. The molecule has 0 bridgehead atoms. The Kier molecular flexibility index (Phi) is 5.66. The van der Waals surface area contributed by atoms with Gasteiger partial charge in [0.25, 0.3) is 0 Å². The third kappa shape index (κ3) is 3.37. The van der Waals surface area contributed by atoms with Crippen molar-refractivity contribution < 1.29 is 5.21 Å². The van der Waals surface area contributed by atoms with Crippen molar-refractivity contribution in [1.82, 2.24) is 4.98 Å². The largest absolute Gasteiger partial charge is 0.411 e. The molecule has 1 N–H and O–H groups in total. The highest BCUT2D eigenvalue weighted by atomic mass is 79.9. The summed E-state index contributed by atoms with van der Waals surface area (Å²) < 4.78 is 0.951. The molecule has 0 amide bonds. The van der Waals surface area contributed by atoms with Crippen LogP contribution in [0.25, 0.3) is 0 Å². The summed E-state index contributed by atoms with van der Waals surface area (Å²) in [5, 5.41) is 13.9. The lowest BCUT2D eigenvalue weighted by Gasteiger charge is -2.35. The van der Waals surface area contributed by atoms with Crippen molar-refractivity contribution in [3.05, 3.63) is 98.2 Å². The van der Waals surface area contributed by atoms with E-state index in [2.05, 4.69) is 26.1 Å². The van der Waals surface area contributed by atoms with Gasteiger partial charge in [-0.1, -0.05) is 86.8 Å². The summed E-state index contributed by atoms with van der Waals surface area (Å²) in [5.41, 5.74) is 2.24. The number of rotatable bonds is 4. The summed E-state index contributed by atoms with van der Waals surface area (Å²) in [4.78, 5) is 4.06. The topological polar surface area (TPSA) is 45.5 Å². The average Bonchev–Trinajstić information content (AvgIpc) is 2.63. The zero-order valence-electron chi connectivity index (χ0n) is 13.8. The fourth-order valence-electron chi connectivity index (χ4n) is 3.27. The molecule has 26 heavy (non-hydrogen) atoms. The van der Waals surface area contributed by atoms with Gasteiger partial charge in [-0.3, -0.25) is 0 Å². The third-order valence-electron chi connectivity index (χ3n) is 4.37. The summed E-state index contributed by atoms with van der Waals surface area (Å²) in [6.45, 7) is 1.78. The maximum Gasteiger partial charge on any atom is 0.131 e. The fourth-order valence-corrected chi connectivity index (χ4v) is 4.00. The van der Waals surface area contributed by atoms with Crippen molar-refractivity contribution in [2.45, 2.75) is 12.3 Å². The Morgan fingerprint density at radius 1 is 0.923 bits per heavy atom. The smallest absolute Gasteiger partial charge is 0.131 e. The molecule has 1 heterocycles. The second-order valence-electron chi connectivity index (χ2n) is 5.81. The van der Waals surface area contributed by atoms with Crippen LogP contribution in [-0.2, 0) is 5.41 Å². The van der Waals surface area contributed by atoms with Crippen molar-refractivity contribution in [3.63, 3.8) is 0 Å². The van der Waals surface area contributed by atoms with Crippen molar-refractivity contribution in [2.24, 2.45) is 5.16 Å². The monoisotopic (exact) mass is 448 g/mol. The van der Waals surface area contributed by atoms with Crippen LogP contribution in [0.1, 0.15) is 23.6 Å². The molecular formula is C20H15BrCl2N2O. The molecule has 6 heteroatoms. The van der Waals surface area contributed by atoms with Gasteiger partial charge in [-0.25, -0.2) is 4.98 Å². The molecule has 3 aromatic rings. The third-order valence-corrected chi connectivity index (χ3v) is 5.29. The minimum Gasteiger partial charge on any atom is -0.411 e. The lowest BCUT2D eigenvalue weighted by Crippen LogP contribution is -2.37. The van der Waals surface area contributed by atoms with Crippen molar-refractivity contribution in [3.8, 4) is 0 Å². The van der Waals surface area contributed by atoms with Crippen LogP contribution >= 0.6 is 39.1 Å². The van der Waals surface area contributed by atoms with Crippen LogP contribution < -0.4 is 0 Å². The number of hydrogen-bond donors (Lipinski definition) is 1. The second kappa shape index (κ2) is 7.78. The van der Waals surface area contributed by atoms with E-state index in [-0.39, 0.29) is 10.3 Å². The van der Waals surface area contributed by atoms with Crippen LogP contribution in [-0.4, -0.2) is 15.9 Å². The maximum absolute atomic E-state index is 9.74. The van der Waals surface area contributed by atoms with Crippen LogP contribution in [0.15, 0.2) is 76.4 Å². The Hall–Kier alpha value is -1.88. The Labute approximate surface area is 170 Å². The molecule has 3 nitrogen and oxygen atoms in total. The first-order valence-electron chi connectivity index (χ1n) is 7.82. The molecule has 0 saturated carbocycles. The van der Waals surface area contributed by atoms with Gasteiger partial charge in [0.15, 0.2) is 0 Å². The first-order chi connectivity index (χ1) is 12.5. The van der Waals surface area contributed by atoms with E-state index in [1.54, 1.807) is 19.1 Å². The zero-order valence-corrected chi connectivity index (χ0v) is 16.9. The van der Waals surface area contributed by atoms with E-state index >= 15 is 0 Å². The maximum atomic E-state index is 9.74. The van der Waals surface area contributed by atoms with Crippen LogP contribution in [0.5, 0.6) is 0 Å². The molecule has 0 saturated heterocycles. The van der Waals surface area contributed by atoms with Gasteiger partial charge in [-0.05, 0) is 47.9 Å². The SMILES string of the molecule is C/C(=N/O)C(c1ccccc1)(c1ccc(Br)cc1)c1cc(Cl)nc(Cl)c1. The first-order valence-corrected chi connectivity index (χ1v) is 9.37. The van der Waals surface area contributed by atoms with Gasteiger partial charge >= 0.3 is 0 Å². The average molecular weight is 450 g/mol.